The lowest BCUT2D eigenvalue weighted by Crippen LogP contribution is -2.28. The van der Waals surface area contributed by atoms with Crippen molar-refractivity contribution < 1.29 is 19.8 Å². The molecule has 1 unspecified atom stereocenters. The maximum Gasteiger partial charge on any atom is 0.328 e. The summed E-state index contributed by atoms with van der Waals surface area (Å²) >= 11 is 1.93. The van der Waals surface area contributed by atoms with Crippen molar-refractivity contribution in [1.82, 2.24) is 4.90 Å². The molecule has 1 aromatic rings. The van der Waals surface area contributed by atoms with E-state index in [2.05, 4.69) is 36.4 Å². The van der Waals surface area contributed by atoms with Gasteiger partial charge in [0.15, 0.2) is 0 Å². The van der Waals surface area contributed by atoms with Crippen LogP contribution in [-0.4, -0.2) is 47.2 Å². The van der Waals surface area contributed by atoms with Gasteiger partial charge in [0.2, 0.25) is 0 Å². The summed E-state index contributed by atoms with van der Waals surface area (Å²) in [7, 11) is 2.24. The Kier molecular flexibility index (Phi) is 7.27. The largest absolute Gasteiger partial charge is 0.478 e. The number of nitrogens with zero attached hydrogens (tertiary/aromatic N) is 1. The highest BCUT2D eigenvalue weighted by Crippen LogP contribution is 2.40. The van der Waals surface area contributed by atoms with E-state index in [1.54, 1.807) is 4.88 Å². The Hall–Kier alpha value is -1.66. The number of hydrogen-bond donors (Lipinski definition) is 2. The summed E-state index contributed by atoms with van der Waals surface area (Å²) in [6.07, 6.45) is 5.10. The number of aliphatic carboxylic acids is 2. The molecular weight excluding hydrogens is 302 g/mol. The summed E-state index contributed by atoms with van der Waals surface area (Å²) < 4.78 is 0. The molecular formula is C16H23NO4S. The van der Waals surface area contributed by atoms with E-state index in [-0.39, 0.29) is 0 Å². The summed E-state index contributed by atoms with van der Waals surface area (Å²) in [5.41, 5.74) is 0.484. The van der Waals surface area contributed by atoms with Crippen LogP contribution in [0.4, 0.5) is 0 Å². The lowest BCUT2D eigenvalue weighted by molar-refractivity contribution is -0.134. The van der Waals surface area contributed by atoms with Gasteiger partial charge in [-0.25, -0.2) is 9.59 Å². The Bertz CT molecular complexity index is 492. The number of carboxylic acid groups (broad SMARTS) is 2. The SMILES string of the molecule is CCCC1(c2cccs2)CCN(C)C1.O=C(O)/C=C/C(=O)O. The summed E-state index contributed by atoms with van der Waals surface area (Å²) in [6, 6.07) is 4.51. The monoisotopic (exact) mass is 325 g/mol. The fraction of sp³-hybridized carbons (Fsp3) is 0.500. The third kappa shape index (κ3) is 5.61. The van der Waals surface area contributed by atoms with Crippen molar-refractivity contribution in [1.29, 1.82) is 0 Å². The second kappa shape index (κ2) is 8.70. The molecule has 5 nitrogen and oxygen atoms in total. The number of carbonyl (C=O) groups is 2. The van der Waals surface area contributed by atoms with Crippen LogP contribution in [0, 0.1) is 0 Å². The van der Waals surface area contributed by atoms with Gasteiger partial charge in [-0.05, 0) is 37.9 Å². The van der Waals surface area contributed by atoms with Crippen molar-refractivity contribution in [2.75, 3.05) is 20.1 Å². The lowest BCUT2D eigenvalue weighted by Gasteiger charge is -2.27. The first-order chi connectivity index (χ1) is 10.4. The molecule has 0 bridgehead atoms. The van der Waals surface area contributed by atoms with Gasteiger partial charge in [-0.2, -0.15) is 0 Å². The molecule has 122 valence electrons. The minimum Gasteiger partial charge on any atom is -0.478 e. The highest BCUT2D eigenvalue weighted by atomic mass is 32.1. The van der Waals surface area contributed by atoms with E-state index in [0.717, 1.165) is 0 Å². The van der Waals surface area contributed by atoms with Gasteiger partial charge < -0.3 is 15.1 Å². The quantitative estimate of drug-likeness (QED) is 0.814. The Morgan fingerprint density at radius 3 is 2.36 bits per heavy atom. The molecule has 2 heterocycles. The Morgan fingerprint density at radius 2 is 2.00 bits per heavy atom. The minimum absolute atomic E-state index is 0.484. The number of rotatable bonds is 5. The predicted octanol–water partition coefficient (Wildman–Crippen LogP) is 2.83. The molecule has 2 rings (SSSR count). The second-order valence-electron chi connectivity index (χ2n) is 5.51. The van der Waals surface area contributed by atoms with Gasteiger partial charge in [-0.3, -0.25) is 0 Å². The number of hydrogen-bond acceptors (Lipinski definition) is 4. The minimum atomic E-state index is -1.26. The zero-order valence-corrected chi connectivity index (χ0v) is 13.8. The molecule has 22 heavy (non-hydrogen) atoms. The van der Waals surface area contributed by atoms with Crippen molar-refractivity contribution in [3.63, 3.8) is 0 Å². The fourth-order valence-corrected chi connectivity index (χ4v) is 3.79. The first-order valence-corrected chi connectivity index (χ1v) is 8.14. The molecule has 0 saturated carbocycles. The summed E-state index contributed by atoms with van der Waals surface area (Å²) in [6.45, 7) is 4.81. The van der Waals surface area contributed by atoms with E-state index in [1.807, 2.05) is 11.3 Å². The van der Waals surface area contributed by atoms with Gasteiger partial charge in [0, 0.05) is 29.0 Å². The average molecular weight is 325 g/mol. The standard InChI is InChI=1S/C12H19NS.C4H4O4/c1-3-6-12(7-8-13(2)10-12)11-5-4-9-14-11;5-3(6)1-2-4(7)8/h4-5,9H,3,6-8,10H2,1-2H3;1-2H,(H,5,6)(H,7,8)/b;2-1+. The maximum absolute atomic E-state index is 9.55. The molecule has 6 heteroatoms. The highest BCUT2D eigenvalue weighted by Gasteiger charge is 2.37. The summed E-state index contributed by atoms with van der Waals surface area (Å²) in [5, 5.41) is 17.8. The van der Waals surface area contributed by atoms with E-state index >= 15 is 0 Å². The van der Waals surface area contributed by atoms with Crippen LogP contribution >= 0.6 is 11.3 Å². The van der Waals surface area contributed by atoms with Crippen molar-refractivity contribution in [3.8, 4) is 0 Å². The second-order valence-corrected chi connectivity index (χ2v) is 6.45. The molecule has 0 radical (unpaired) electrons. The molecule has 1 saturated heterocycles. The molecule has 1 aliphatic heterocycles. The highest BCUT2D eigenvalue weighted by molar-refractivity contribution is 7.10. The maximum atomic E-state index is 9.55. The molecule has 2 N–H and O–H groups in total. The van der Waals surface area contributed by atoms with Gasteiger partial charge >= 0.3 is 11.9 Å². The van der Waals surface area contributed by atoms with Gasteiger partial charge in [0.25, 0.3) is 0 Å². The van der Waals surface area contributed by atoms with Crippen molar-refractivity contribution in [2.45, 2.75) is 31.6 Å². The molecule has 1 fully saturated rings. The van der Waals surface area contributed by atoms with Crippen LogP contribution < -0.4 is 0 Å². The van der Waals surface area contributed by atoms with Crippen molar-refractivity contribution in [2.24, 2.45) is 0 Å². The molecule has 0 spiro atoms. The predicted molar refractivity (Wildman–Crippen MR) is 87.4 cm³/mol. The number of likely N-dealkylation sites (N-methyl/N-ethyl adjacent to an activating group) is 1. The topological polar surface area (TPSA) is 77.8 Å². The summed E-state index contributed by atoms with van der Waals surface area (Å²) in [5.74, 6) is -2.51. The normalized spacial score (nSPS) is 21.5. The Morgan fingerprint density at radius 1 is 1.36 bits per heavy atom. The fourth-order valence-electron chi connectivity index (χ4n) is 2.81. The Balaban J connectivity index is 0.000000261. The molecule has 0 amide bonds. The number of carboxylic acids is 2. The van der Waals surface area contributed by atoms with Crippen LogP contribution in [0.25, 0.3) is 0 Å². The van der Waals surface area contributed by atoms with Crippen molar-refractivity contribution >= 4 is 23.3 Å². The van der Waals surface area contributed by atoms with E-state index in [4.69, 9.17) is 10.2 Å². The van der Waals surface area contributed by atoms with Crippen LogP contribution in [0.15, 0.2) is 29.7 Å². The molecule has 1 aromatic heterocycles. The van der Waals surface area contributed by atoms with Crippen LogP contribution in [0.5, 0.6) is 0 Å². The number of likely N-dealkylation sites (tertiary alicyclic amines) is 1. The van der Waals surface area contributed by atoms with Crippen LogP contribution in [-0.2, 0) is 15.0 Å². The zero-order chi connectivity index (χ0) is 16.6. The third-order valence-corrected chi connectivity index (χ3v) is 4.80. The summed E-state index contributed by atoms with van der Waals surface area (Å²) in [4.78, 5) is 23.2. The molecule has 1 aliphatic rings. The van der Waals surface area contributed by atoms with Gasteiger partial charge in [0.05, 0.1) is 0 Å². The van der Waals surface area contributed by atoms with Crippen molar-refractivity contribution in [3.05, 3.63) is 34.5 Å². The van der Waals surface area contributed by atoms with E-state index in [9.17, 15) is 9.59 Å². The number of thiophene rings is 1. The van der Waals surface area contributed by atoms with Gasteiger partial charge in [-0.1, -0.05) is 19.4 Å². The first-order valence-electron chi connectivity index (χ1n) is 7.26. The van der Waals surface area contributed by atoms with Gasteiger partial charge in [-0.15, -0.1) is 11.3 Å². The van der Waals surface area contributed by atoms with Crippen LogP contribution in [0.2, 0.25) is 0 Å². The van der Waals surface area contributed by atoms with Gasteiger partial charge in [0.1, 0.15) is 0 Å². The third-order valence-electron chi connectivity index (χ3n) is 3.69. The molecule has 1 atom stereocenters. The van der Waals surface area contributed by atoms with E-state index in [0.29, 0.717) is 17.6 Å². The van der Waals surface area contributed by atoms with E-state index in [1.165, 1.54) is 32.4 Å². The molecule has 0 aliphatic carbocycles. The smallest absolute Gasteiger partial charge is 0.328 e. The zero-order valence-electron chi connectivity index (χ0n) is 13.0. The first kappa shape index (κ1) is 18.4. The van der Waals surface area contributed by atoms with E-state index < -0.39 is 11.9 Å². The van der Waals surface area contributed by atoms with Crippen LogP contribution in [0.3, 0.4) is 0 Å². The molecule has 0 aromatic carbocycles. The average Bonchev–Trinajstić information content (AvgIpc) is 3.08. The Labute approximate surface area is 134 Å². The van der Waals surface area contributed by atoms with Crippen LogP contribution in [0.1, 0.15) is 31.1 Å². The lowest BCUT2D eigenvalue weighted by atomic mass is 9.81.